The monoisotopic (exact) mass is 394 g/mol. The van der Waals surface area contributed by atoms with Crippen LogP contribution in [0.4, 0.5) is 13.2 Å². The summed E-state index contributed by atoms with van der Waals surface area (Å²) in [5.74, 6) is 0.474. The first-order valence-electron chi connectivity index (χ1n) is 9.59. The molecule has 2 atom stereocenters. The van der Waals surface area contributed by atoms with E-state index in [1.165, 1.54) is 6.92 Å². The van der Waals surface area contributed by atoms with E-state index < -0.39 is 23.4 Å². The highest BCUT2D eigenvalue weighted by atomic mass is 19.4. The van der Waals surface area contributed by atoms with Crippen LogP contribution in [0.5, 0.6) is 0 Å². The molecule has 0 aliphatic heterocycles. The molecular formula is C19H21F3N4O2. The van der Waals surface area contributed by atoms with Gasteiger partial charge in [-0.05, 0) is 62.8 Å². The normalized spacial score (nSPS) is 34.2. The number of nitrogens with zero attached hydrogens (tertiary/aromatic N) is 3. The second-order valence-corrected chi connectivity index (χ2v) is 8.77. The zero-order valence-electron chi connectivity index (χ0n) is 15.3. The van der Waals surface area contributed by atoms with Crippen molar-refractivity contribution in [2.45, 2.75) is 56.8 Å². The lowest BCUT2D eigenvalue weighted by molar-refractivity contribution is -0.142. The minimum atomic E-state index is -4.59. The van der Waals surface area contributed by atoms with Crippen molar-refractivity contribution in [3.63, 3.8) is 0 Å². The first kappa shape index (κ1) is 17.9. The fourth-order valence-corrected chi connectivity index (χ4v) is 5.89. The third-order valence-corrected chi connectivity index (χ3v) is 6.67. The molecule has 0 spiro atoms. The van der Waals surface area contributed by atoms with Crippen LogP contribution in [0.3, 0.4) is 0 Å². The van der Waals surface area contributed by atoms with Crippen molar-refractivity contribution < 1.29 is 23.1 Å². The van der Waals surface area contributed by atoms with E-state index in [0.29, 0.717) is 23.3 Å². The molecule has 2 unspecified atom stereocenters. The summed E-state index contributed by atoms with van der Waals surface area (Å²) >= 11 is 0. The van der Waals surface area contributed by atoms with Crippen molar-refractivity contribution in [3.8, 4) is 0 Å². The smallest absolute Gasteiger partial charge is 0.390 e. The number of halogens is 3. The van der Waals surface area contributed by atoms with Crippen LogP contribution in [-0.2, 0) is 6.18 Å². The number of fused-ring (bicyclic) bond motifs is 1. The molecule has 0 radical (unpaired) electrons. The van der Waals surface area contributed by atoms with E-state index in [1.54, 1.807) is 0 Å². The molecule has 0 saturated heterocycles. The lowest BCUT2D eigenvalue weighted by Gasteiger charge is -2.58. The topological polar surface area (TPSA) is 79.5 Å². The SMILES string of the molecule is Cc1cc(C(F)(F)F)n2ncc(C(=O)NC3C4CC5CC3CC(O)(C5)C4)c2n1. The van der Waals surface area contributed by atoms with Gasteiger partial charge >= 0.3 is 6.18 Å². The second kappa shape index (κ2) is 5.68. The third-order valence-electron chi connectivity index (χ3n) is 6.67. The van der Waals surface area contributed by atoms with Crippen molar-refractivity contribution in [2.24, 2.45) is 17.8 Å². The number of amides is 1. The number of carbonyl (C=O) groups is 1. The molecule has 6 rings (SSSR count). The zero-order chi connectivity index (χ0) is 19.8. The van der Waals surface area contributed by atoms with E-state index in [9.17, 15) is 23.1 Å². The zero-order valence-corrected chi connectivity index (χ0v) is 15.3. The molecule has 2 aromatic rings. The Morgan fingerprint density at radius 3 is 2.57 bits per heavy atom. The number of carbonyl (C=O) groups excluding carboxylic acids is 1. The number of alkyl halides is 3. The molecule has 28 heavy (non-hydrogen) atoms. The number of nitrogens with one attached hydrogen (secondary N) is 1. The van der Waals surface area contributed by atoms with Gasteiger partial charge in [0.1, 0.15) is 11.3 Å². The van der Waals surface area contributed by atoms with Gasteiger partial charge in [-0.15, -0.1) is 0 Å². The van der Waals surface area contributed by atoms with Crippen LogP contribution in [0, 0.1) is 24.7 Å². The summed E-state index contributed by atoms with van der Waals surface area (Å²) in [6.07, 6.45) is 0.712. The second-order valence-electron chi connectivity index (χ2n) is 8.77. The maximum atomic E-state index is 13.3. The van der Waals surface area contributed by atoms with E-state index in [-0.39, 0.29) is 34.8 Å². The lowest BCUT2D eigenvalue weighted by atomic mass is 9.52. The fourth-order valence-electron chi connectivity index (χ4n) is 5.89. The average molecular weight is 394 g/mol. The highest BCUT2D eigenvalue weighted by Crippen LogP contribution is 2.55. The molecule has 4 fully saturated rings. The van der Waals surface area contributed by atoms with Gasteiger partial charge in [-0.3, -0.25) is 4.79 Å². The quantitative estimate of drug-likeness (QED) is 0.821. The van der Waals surface area contributed by atoms with E-state index in [0.717, 1.165) is 31.5 Å². The molecule has 2 N–H and O–H groups in total. The van der Waals surface area contributed by atoms with E-state index in [1.807, 2.05) is 0 Å². The van der Waals surface area contributed by atoms with E-state index in [4.69, 9.17) is 0 Å². The summed E-state index contributed by atoms with van der Waals surface area (Å²) in [6.45, 7) is 1.46. The predicted molar refractivity (Wildman–Crippen MR) is 92.5 cm³/mol. The molecule has 6 nitrogen and oxygen atoms in total. The summed E-state index contributed by atoms with van der Waals surface area (Å²) in [5, 5.41) is 17.5. The minimum absolute atomic E-state index is 0.0433. The van der Waals surface area contributed by atoms with Crippen LogP contribution in [0.25, 0.3) is 5.65 Å². The Labute approximate surface area is 159 Å². The van der Waals surface area contributed by atoms with Crippen molar-refractivity contribution in [3.05, 3.63) is 29.2 Å². The van der Waals surface area contributed by atoms with Crippen LogP contribution in [0.1, 0.15) is 53.8 Å². The summed E-state index contributed by atoms with van der Waals surface area (Å²) < 4.78 is 40.6. The van der Waals surface area contributed by atoms with Crippen LogP contribution in [0.15, 0.2) is 12.3 Å². The summed E-state index contributed by atoms with van der Waals surface area (Å²) in [5.41, 5.74) is -1.44. The first-order chi connectivity index (χ1) is 13.1. The highest BCUT2D eigenvalue weighted by Gasteiger charge is 2.55. The molecule has 2 aromatic heterocycles. The number of rotatable bonds is 2. The van der Waals surface area contributed by atoms with E-state index >= 15 is 0 Å². The fraction of sp³-hybridized carbons (Fsp3) is 0.632. The van der Waals surface area contributed by atoms with Crippen LogP contribution in [0.2, 0.25) is 0 Å². The van der Waals surface area contributed by atoms with Gasteiger partial charge in [0.2, 0.25) is 0 Å². The molecule has 0 aromatic carbocycles. The van der Waals surface area contributed by atoms with Crippen molar-refractivity contribution >= 4 is 11.6 Å². The largest absolute Gasteiger partial charge is 0.433 e. The maximum absolute atomic E-state index is 13.3. The highest BCUT2D eigenvalue weighted by molar-refractivity contribution is 5.99. The van der Waals surface area contributed by atoms with Crippen molar-refractivity contribution in [1.82, 2.24) is 19.9 Å². The van der Waals surface area contributed by atoms with Gasteiger partial charge in [0.05, 0.1) is 11.8 Å². The molecule has 150 valence electrons. The molecule has 4 aliphatic rings. The number of aryl methyl sites for hydroxylation is 1. The van der Waals surface area contributed by atoms with Gasteiger partial charge in [0.25, 0.3) is 5.91 Å². The Hall–Kier alpha value is -2.16. The van der Waals surface area contributed by atoms with Crippen molar-refractivity contribution in [2.75, 3.05) is 0 Å². The number of aromatic nitrogens is 3. The number of hydrogen-bond acceptors (Lipinski definition) is 4. The minimum Gasteiger partial charge on any atom is -0.390 e. The molecule has 4 bridgehead atoms. The summed E-state index contributed by atoms with van der Waals surface area (Å²) in [7, 11) is 0. The Morgan fingerprint density at radius 2 is 1.96 bits per heavy atom. The first-order valence-corrected chi connectivity index (χ1v) is 9.59. The maximum Gasteiger partial charge on any atom is 0.433 e. The molecule has 4 aliphatic carbocycles. The molecule has 2 heterocycles. The van der Waals surface area contributed by atoms with Crippen LogP contribution < -0.4 is 5.32 Å². The van der Waals surface area contributed by atoms with Crippen LogP contribution in [-0.4, -0.2) is 37.3 Å². The van der Waals surface area contributed by atoms with Gasteiger partial charge < -0.3 is 10.4 Å². The molecular weight excluding hydrogens is 373 g/mol. The van der Waals surface area contributed by atoms with Gasteiger partial charge in [-0.25, -0.2) is 9.50 Å². The average Bonchev–Trinajstić information content (AvgIpc) is 2.98. The third kappa shape index (κ3) is 2.70. The lowest BCUT2D eigenvalue weighted by Crippen LogP contribution is -2.61. The molecule has 9 heteroatoms. The van der Waals surface area contributed by atoms with Gasteiger partial charge in [0, 0.05) is 11.7 Å². The number of hydrogen-bond donors (Lipinski definition) is 2. The molecule has 4 saturated carbocycles. The Kier molecular flexibility index (Phi) is 3.63. The standard InChI is InChI=1S/C19H21F3N4O2/c1-9-2-14(19(20,21)22)26-16(24-9)13(8-23-26)17(27)25-15-11-3-10-4-12(15)7-18(28,5-10)6-11/h2,8,10-12,15,28H,3-7H2,1H3,(H,25,27). The Balaban J connectivity index is 1.45. The summed E-state index contributed by atoms with van der Waals surface area (Å²) in [4.78, 5) is 17.0. The number of aliphatic hydroxyl groups is 1. The van der Waals surface area contributed by atoms with Crippen molar-refractivity contribution in [1.29, 1.82) is 0 Å². The van der Waals surface area contributed by atoms with Crippen LogP contribution >= 0.6 is 0 Å². The van der Waals surface area contributed by atoms with E-state index in [2.05, 4.69) is 15.4 Å². The summed E-state index contributed by atoms with van der Waals surface area (Å²) in [6, 6.07) is 0.853. The predicted octanol–water partition coefficient (Wildman–Crippen LogP) is 2.73. The van der Waals surface area contributed by atoms with Gasteiger partial charge in [0.15, 0.2) is 5.65 Å². The molecule has 1 amide bonds. The van der Waals surface area contributed by atoms with Gasteiger partial charge in [-0.1, -0.05) is 0 Å². The Morgan fingerprint density at radius 1 is 1.29 bits per heavy atom. The Bertz CT molecular complexity index is 954. The van der Waals surface area contributed by atoms with Gasteiger partial charge in [-0.2, -0.15) is 18.3 Å².